The number of halogens is 1. The Morgan fingerprint density at radius 2 is 1.71 bits per heavy atom. The molecule has 2 aromatic carbocycles. The Bertz CT molecular complexity index is 982. The summed E-state index contributed by atoms with van der Waals surface area (Å²) in [7, 11) is 3.88. The molecule has 0 spiro atoms. The first-order valence-corrected chi connectivity index (χ1v) is 10.9. The maximum atomic E-state index is 13.0. The minimum absolute atomic E-state index is 0.0115. The molecule has 0 saturated carbocycles. The van der Waals surface area contributed by atoms with Gasteiger partial charge in [0.25, 0.3) is 11.7 Å². The van der Waals surface area contributed by atoms with E-state index in [4.69, 9.17) is 4.74 Å². The fourth-order valence-electron chi connectivity index (χ4n) is 3.56. The zero-order valence-corrected chi connectivity index (χ0v) is 19.7. The van der Waals surface area contributed by atoms with Crippen molar-refractivity contribution < 1.29 is 19.4 Å². The molecule has 1 amide bonds. The lowest BCUT2D eigenvalue weighted by Crippen LogP contribution is -2.33. The Morgan fingerprint density at radius 3 is 2.26 bits per heavy atom. The van der Waals surface area contributed by atoms with E-state index >= 15 is 0 Å². The lowest BCUT2D eigenvalue weighted by molar-refractivity contribution is -0.140. The number of anilines is 1. The van der Waals surface area contributed by atoms with E-state index in [2.05, 4.69) is 15.9 Å². The summed E-state index contributed by atoms with van der Waals surface area (Å²) in [5, 5.41) is 11.0. The van der Waals surface area contributed by atoms with Crippen LogP contribution in [0.3, 0.4) is 0 Å². The van der Waals surface area contributed by atoms with Crippen LogP contribution in [0, 0.1) is 0 Å². The normalized spacial score (nSPS) is 18.1. The van der Waals surface area contributed by atoms with Gasteiger partial charge in [-0.3, -0.25) is 9.59 Å². The van der Waals surface area contributed by atoms with Gasteiger partial charge in [0.15, 0.2) is 0 Å². The third-order valence-corrected chi connectivity index (χ3v) is 5.69. The number of aliphatic hydroxyl groups is 1. The molecule has 2 aromatic rings. The maximum Gasteiger partial charge on any atom is 0.295 e. The molecule has 0 bridgehead atoms. The largest absolute Gasteiger partial charge is 0.507 e. The van der Waals surface area contributed by atoms with E-state index in [1.165, 1.54) is 4.90 Å². The molecule has 0 aromatic heterocycles. The number of ketones is 1. The molecule has 1 unspecified atom stereocenters. The van der Waals surface area contributed by atoms with Gasteiger partial charge in [0.2, 0.25) is 0 Å². The van der Waals surface area contributed by atoms with E-state index in [0.717, 1.165) is 15.7 Å². The van der Waals surface area contributed by atoms with E-state index in [9.17, 15) is 14.7 Å². The van der Waals surface area contributed by atoms with Crippen molar-refractivity contribution >= 4 is 39.1 Å². The summed E-state index contributed by atoms with van der Waals surface area (Å²) < 4.78 is 6.47. The number of carbonyl (C=O) groups excluding carboxylic acids is 2. The number of likely N-dealkylation sites (tertiary alicyclic amines) is 1. The average Bonchev–Trinajstić information content (AvgIpc) is 2.98. The van der Waals surface area contributed by atoms with Gasteiger partial charge in [0.05, 0.1) is 24.3 Å². The SMILES string of the molecule is CC(C)OCCN1C(=O)C(=O)/C(=C(\O)c2ccc(Br)cc2)C1c1ccc(N(C)C)cc1. The minimum atomic E-state index is -0.688. The summed E-state index contributed by atoms with van der Waals surface area (Å²) in [6, 6.07) is 13.9. The van der Waals surface area contributed by atoms with Crippen LogP contribution in [0.4, 0.5) is 5.69 Å². The molecule has 1 aliphatic rings. The van der Waals surface area contributed by atoms with Crippen molar-refractivity contribution in [2.75, 3.05) is 32.1 Å². The molecule has 1 saturated heterocycles. The van der Waals surface area contributed by atoms with Crippen LogP contribution in [0.5, 0.6) is 0 Å². The summed E-state index contributed by atoms with van der Waals surface area (Å²) >= 11 is 3.37. The molecule has 0 radical (unpaired) electrons. The standard InChI is InChI=1S/C24H27BrN2O4/c1-15(2)31-14-13-27-21(16-7-11-19(12-8-16)26(3)4)20(23(29)24(27)30)22(28)17-5-9-18(25)10-6-17/h5-12,15,21,28H,13-14H2,1-4H3/b22-20-. The van der Waals surface area contributed by atoms with Gasteiger partial charge in [-0.1, -0.05) is 40.2 Å². The predicted molar refractivity (Wildman–Crippen MR) is 125 cm³/mol. The third kappa shape index (κ3) is 4.99. The number of rotatable bonds is 7. The monoisotopic (exact) mass is 486 g/mol. The topological polar surface area (TPSA) is 70.1 Å². The average molecular weight is 487 g/mol. The van der Waals surface area contributed by atoms with Gasteiger partial charge in [-0.05, 0) is 43.7 Å². The second-order valence-corrected chi connectivity index (χ2v) is 8.82. The van der Waals surface area contributed by atoms with E-state index in [1.54, 1.807) is 24.3 Å². The first-order chi connectivity index (χ1) is 14.7. The van der Waals surface area contributed by atoms with Gasteiger partial charge in [-0.25, -0.2) is 0 Å². The van der Waals surface area contributed by atoms with Crippen LogP contribution >= 0.6 is 15.9 Å². The molecule has 1 atom stereocenters. The van der Waals surface area contributed by atoms with Crippen molar-refractivity contribution in [1.82, 2.24) is 4.90 Å². The Morgan fingerprint density at radius 1 is 1.10 bits per heavy atom. The van der Waals surface area contributed by atoms with Crippen LogP contribution in [0.1, 0.15) is 31.0 Å². The molecule has 1 fully saturated rings. The molecule has 1 heterocycles. The van der Waals surface area contributed by atoms with Gasteiger partial charge >= 0.3 is 0 Å². The van der Waals surface area contributed by atoms with Crippen molar-refractivity contribution in [3.8, 4) is 0 Å². The lowest BCUT2D eigenvalue weighted by atomic mass is 9.95. The van der Waals surface area contributed by atoms with Crippen molar-refractivity contribution in [3.63, 3.8) is 0 Å². The zero-order chi connectivity index (χ0) is 22.7. The second-order valence-electron chi connectivity index (χ2n) is 7.90. The molecule has 164 valence electrons. The number of ether oxygens (including phenoxy) is 1. The lowest BCUT2D eigenvalue weighted by Gasteiger charge is -2.26. The summed E-state index contributed by atoms with van der Waals surface area (Å²) in [5.74, 6) is -1.50. The number of nitrogens with zero attached hydrogens (tertiary/aromatic N) is 2. The molecule has 7 heteroatoms. The van der Waals surface area contributed by atoms with E-state index in [1.807, 2.05) is 57.1 Å². The van der Waals surface area contributed by atoms with Gasteiger partial charge in [-0.15, -0.1) is 0 Å². The van der Waals surface area contributed by atoms with Crippen LogP contribution in [0.2, 0.25) is 0 Å². The number of carbonyl (C=O) groups is 2. The van der Waals surface area contributed by atoms with Crippen molar-refractivity contribution in [2.45, 2.75) is 26.0 Å². The van der Waals surface area contributed by atoms with Gasteiger partial charge < -0.3 is 19.6 Å². The van der Waals surface area contributed by atoms with E-state index in [-0.39, 0.29) is 24.0 Å². The number of Topliss-reactive ketones (excluding diaryl/α,β-unsaturated/α-hetero) is 1. The fourth-order valence-corrected chi connectivity index (χ4v) is 3.83. The highest BCUT2D eigenvalue weighted by atomic mass is 79.9. The maximum absolute atomic E-state index is 13.0. The number of benzene rings is 2. The van der Waals surface area contributed by atoms with Crippen LogP contribution in [-0.4, -0.2) is 55.0 Å². The number of hydrogen-bond donors (Lipinski definition) is 1. The molecule has 1 N–H and O–H groups in total. The van der Waals surface area contributed by atoms with Crippen LogP contribution < -0.4 is 4.90 Å². The third-order valence-electron chi connectivity index (χ3n) is 5.17. The Balaban J connectivity index is 2.08. The van der Waals surface area contributed by atoms with Crippen molar-refractivity contribution in [3.05, 3.63) is 69.7 Å². The highest BCUT2D eigenvalue weighted by Gasteiger charge is 2.45. The Hall–Kier alpha value is -2.64. The Labute approximate surface area is 191 Å². The summed E-state index contributed by atoms with van der Waals surface area (Å²) in [4.78, 5) is 29.3. The molecular weight excluding hydrogens is 460 g/mol. The van der Waals surface area contributed by atoms with Crippen molar-refractivity contribution in [1.29, 1.82) is 0 Å². The smallest absolute Gasteiger partial charge is 0.295 e. The highest BCUT2D eigenvalue weighted by molar-refractivity contribution is 9.10. The molecule has 0 aliphatic carbocycles. The fraction of sp³-hybridized carbons (Fsp3) is 0.333. The second kappa shape index (κ2) is 9.66. The molecule has 1 aliphatic heterocycles. The van der Waals surface area contributed by atoms with E-state index in [0.29, 0.717) is 12.2 Å². The molecule has 31 heavy (non-hydrogen) atoms. The van der Waals surface area contributed by atoms with Crippen LogP contribution in [-0.2, 0) is 14.3 Å². The molecule has 6 nitrogen and oxygen atoms in total. The van der Waals surface area contributed by atoms with Crippen molar-refractivity contribution in [2.24, 2.45) is 0 Å². The molecular formula is C24H27BrN2O4. The summed E-state index contributed by atoms with van der Waals surface area (Å²) in [5.41, 5.74) is 2.33. The molecule has 3 rings (SSSR count). The first kappa shape index (κ1) is 23.0. The van der Waals surface area contributed by atoms with Gasteiger partial charge in [-0.2, -0.15) is 0 Å². The predicted octanol–water partition coefficient (Wildman–Crippen LogP) is 4.36. The number of hydrogen-bond acceptors (Lipinski definition) is 5. The number of aliphatic hydroxyl groups excluding tert-OH is 1. The van der Waals surface area contributed by atoms with Crippen LogP contribution in [0.25, 0.3) is 5.76 Å². The minimum Gasteiger partial charge on any atom is -0.507 e. The van der Waals surface area contributed by atoms with Gasteiger partial charge in [0.1, 0.15) is 5.76 Å². The number of amides is 1. The summed E-state index contributed by atoms with van der Waals surface area (Å²) in [6.07, 6.45) is 0.0115. The van der Waals surface area contributed by atoms with Gasteiger partial charge in [0, 0.05) is 36.4 Å². The van der Waals surface area contributed by atoms with Crippen LogP contribution in [0.15, 0.2) is 58.6 Å². The highest BCUT2D eigenvalue weighted by Crippen LogP contribution is 2.39. The summed E-state index contributed by atoms with van der Waals surface area (Å²) in [6.45, 7) is 4.38. The first-order valence-electron chi connectivity index (χ1n) is 10.1. The quantitative estimate of drug-likeness (QED) is 0.357. The van der Waals surface area contributed by atoms with E-state index < -0.39 is 17.7 Å². The Kier molecular flexibility index (Phi) is 7.18. The zero-order valence-electron chi connectivity index (χ0n) is 18.1.